The van der Waals surface area contributed by atoms with Crippen LogP contribution in [0.3, 0.4) is 0 Å². The van der Waals surface area contributed by atoms with Crippen molar-refractivity contribution in [3.05, 3.63) is 99.7 Å². The van der Waals surface area contributed by atoms with Crippen molar-refractivity contribution in [1.82, 2.24) is 0 Å². The van der Waals surface area contributed by atoms with Crippen LogP contribution in [0.4, 0.5) is 17.1 Å². The van der Waals surface area contributed by atoms with Crippen LogP contribution in [0.2, 0.25) is 5.02 Å². The molecule has 8 nitrogen and oxygen atoms in total. The van der Waals surface area contributed by atoms with Gasteiger partial charge in [-0.15, -0.1) is 0 Å². The number of imide groups is 1. The van der Waals surface area contributed by atoms with Gasteiger partial charge in [0.05, 0.1) is 17.9 Å². The Morgan fingerprint density at radius 1 is 0.868 bits per heavy atom. The maximum atomic E-state index is 13.1. The Morgan fingerprint density at radius 3 is 2.32 bits per heavy atom. The second-order valence-corrected chi connectivity index (χ2v) is 9.16. The van der Waals surface area contributed by atoms with Crippen LogP contribution in [-0.2, 0) is 14.3 Å². The van der Waals surface area contributed by atoms with Gasteiger partial charge in [0.2, 0.25) is 0 Å². The van der Waals surface area contributed by atoms with E-state index in [4.69, 9.17) is 27.9 Å². The van der Waals surface area contributed by atoms with E-state index in [9.17, 15) is 19.2 Å². The predicted octanol–water partition coefficient (Wildman–Crippen LogP) is 5.98. The highest BCUT2D eigenvalue weighted by Gasteiger charge is 2.39. The molecule has 0 unspecified atom stereocenters. The Morgan fingerprint density at radius 2 is 1.61 bits per heavy atom. The second-order valence-electron chi connectivity index (χ2n) is 8.34. The molecule has 4 rings (SSSR count). The van der Waals surface area contributed by atoms with Gasteiger partial charge >= 0.3 is 5.97 Å². The van der Waals surface area contributed by atoms with Crippen LogP contribution in [0.15, 0.2) is 83.5 Å². The molecule has 2 N–H and O–H groups in total. The van der Waals surface area contributed by atoms with Crippen LogP contribution in [0.1, 0.15) is 40.5 Å². The number of ether oxygens (including phenoxy) is 1. The maximum absolute atomic E-state index is 13.1. The lowest BCUT2D eigenvalue weighted by Crippen LogP contribution is -2.32. The smallest absolute Gasteiger partial charge is 0.338 e. The number of unbranched alkanes of at least 4 members (excludes halogenated alkanes) is 1. The molecular weight excluding hydrogens is 529 g/mol. The Kier molecular flexibility index (Phi) is 8.45. The summed E-state index contributed by atoms with van der Waals surface area (Å²) in [6.07, 6.45) is 1.61. The minimum Gasteiger partial charge on any atom is -0.462 e. The summed E-state index contributed by atoms with van der Waals surface area (Å²) >= 11 is 12.2. The largest absolute Gasteiger partial charge is 0.462 e. The number of carbonyl (C=O) groups is 4. The molecule has 0 atom stereocenters. The number of anilines is 3. The summed E-state index contributed by atoms with van der Waals surface area (Å²) in [5.41, 5.74) is 1.64. The van der Waals surface area contributed by atoms with E-state index in [-0.39, 0.29) is 34.5 Å². The van der Waals surface area contributed by atoms with E-state index in [0.717, 1.165) is 17.7 Å². The number of nitrogens with one attached hydrogen (secondary N) is 2. The molecule has 1 aliphatic heterocycles. The Balaban J connectivity index is 1.45. The minimum absolute atomic E-state index is 0.122. The molecule has 0 saturated heterocycles. The van der Waals surface area contributed by atoms with Crippen molar-refractivity contribution in [1.29, 1.82) is 0 Å². The summed E-state index contributed by atoms with van der Waals surface area (Å²) in [5, 5.41) is 5.81. The molecule has 10 heteroatoms. The van der Waals surface area contributed by atoms with Gasteiger partial charge in [0.25, 0.3) is 17.7 Å². The van der Waals surface area contributed by atoms with Crippen molar-refractivity contribution in [2.45, 2.75) is 19.8 Å². The number of hydrogen-bond acceptors (Lipinski definition) is 6. The zero-order valence-electron chi connectivity index (χ0n) is 20.3. The first-order valence-corrected chi connectivity index (χ1v) is 12.5. The van der Waals surface area contributed by atoms with Gasteiger partial charge in [-0.05, 0) is 67.1 Å². The summed E-state index contributed by atoms with van der Waals surface area (Å²) in [5.74, 6) is -2.30. The van der Waals surface area contributed by atoms with Gasteiger partial charge < -0.3 is 15.4 Å². The molecule has 194 valence electrons. The topological polar surface area (TPSA) is 105 Å². The highest BCUT2D eigenvalue weighted by molar-refractivity contribution is 6.53. The van der Waals surface area contributed by atoms with E-state index in [2.05, 4.69) is 10.6 Å². The molecule has 0 aliphatic carbocycles. The molecule has 0 spiro atoms. The van der Waals surface area contributed by atoms with Crippen LogP contribution in [0.25, 0.3) is 0 Å². The van der Waals surface area contributed by atoms with Gasteiger partial charge in [-0.1, -0.05) is 48.7 Å². The third kappa shape index (κ3) is 6.04. The number of nitrogens with zero attached hydrogens (tertiary/aromatic N) is 1. The molecule has 0 saturated carbocycles. The van der Waals surface area contributed by atoms with Crippen molar-refractivity contribution < 1.29 is 23.9 Å². The lowest BCUT2D eigenvalue weighted by Gasteiger charge is -2.16. The fourth-order valence-electron chi connectivity index (χ4n) is 3.63. The quantitative estimate of drug-likeness (QED) is 0.192. The SMILES string of the molecule is CCCCOC(=O)c1cccc(N2C(=O)C(Cl)=C(Nc3ccc(C(=O)Nc4cccc(Cl)c4)cc3)C2=O)c1. The van der Waals surface area contributed by atoms with E-state index in [0.29, 0.717) is 22.0 Å². The van der Waals surface area contributed by atoms with Crippen molar-refractivity contribution in [3.8, 4) is 0 Å². The average molecular weight is 552 g/mol. The number of benzene rings is 3. The number of halogens is 2. The molecule has 0 aromatic heterocycles. The summed E-state index contributed by atoms with van der Waals surface area (Å²) in [4.78, 5) is 51.7. The number of amides is 3. The lowest BCUT2D eigenvalue weighted by atomic mass is 10.1. The van der Waals surface area contributed by atoms with Crippen LogP contribution < -0.4 is 15.5 Å². The molecule has 0 fully saturated rings. The van der Waals surface area contributed by atoms with Gasteiger partial charge in [0.15, 0.2) is 0 Å². The molecule has 0 radical (unpaired) electrons. The molecule has 3 aromatic carbocycles. The molecule has 0 bridgehead atoms. The molecule has 3 aromatic rings. The van der Waals surface area contributed by atoms with Crippen LogP contribution >= 0.6 is 23.2 Å². The highest BCUT2D eigenvalue weighted by atomic mass is 35.5. The van der Waals surface area contributed by atoms with E-state index in [1.807, 2.05) is 6.92 Å². The van der Waals surface area contributed by atoms with Gasteiger partial charge in [-0.2, -0.15) is 0 Å². The second kappa shape index (κ2) is 11.9. The maximum Gasteiger partial charge on any atom is 0.338 e. The normalized spacial score (nSPS) is 13.1. The third-order valence-electron chi connectivity index (χ3n) is 5.60. The van der Waals surface area contributed by atoms with Crippen LogP contribution in [-0.4, -0.2) is 30.3 Å². The first-order valence-electron chi connectivity index (χ1n) is 11.8. The standard InChI is InChI=1S/C28H23Cl2N3O5/c1-2-3-14-38-28(37)18-6-4-9-22(15-18)33-26(35)23(30)24(27(33)36)31-20-12-10-17(11-13-20)25(34)32-21-8-5-7-19(29)16-21/h4-13,15-16,31H,2-3,14H2,1H3,(H,32,34). The molecule has 1 heterocycles. The van der Waals surface area contributed by atoms with E-state index in [1.165, 1.54) is 12.1 Å². The number of rotatable bonds is 9. The fourth-order valence-corrected chi connectivity index (χ4v) is 4.03. The van der Waals surface area contributed by atoms with Gasteiger partial charge in [-0.25, -0.2) is 9.69 Å². The zero-order chi connectivity index (χ0) is 27.2. The zero-order valence-corrected chi connectivity index (χ0v) is 21.8. The van der Waals surface area contributed by atoms with Crippen LogP contribution in [0.5, 0.6) is 0 Å². The predicted molar refractivity (Wildman–Crippen MR) is 146 cm³/mol. The number of esters is 1. The van der Waals surface area contributed by atoms with Gasteiger partial charge in [-0.3, -0.25) is 14.4 Å². The van der Waals surface area contributed by atoms with Gasteiger partial charge in [0.1, 0.15) is 10.7 Å². The summed E-state index contributed by atoms with van der Waals surface area (Å²) in [6, 6.07) is 19.1. The third-order valence-corrected chi connectivity index (χ3v) is 6.18. The van der Waals surface area contributed by atoms with Crippen molar-refractivity contribution in [3.63, 3.8) is 0 Å². The Hall–Kier alpha value is -4.14. The van der Waals surface area contributed by atoms with Crippen molar-refractivity contribution in [2.24, 2.45) is 0 Å². The van der Waals surface area contributed by atoms with E-state index >= 15 is 0 Å². The molecule has 38 heavy (non-hydrogen) atoms. The van der Waals surface area contributed by atoms with Crippen molar-refractivity contribution >= 4 is 64.0 Å². The van der Waals surface area contributed by atoms with Gasteiger partial charge in [0, 0.05) is 22.0 Å². The van der Waals surface area contributed by atoms with Crippen LogP contribution in [0, 0.1) is 0 Å². The fraction of sp³-hybridized carbons (Fsp3) is 0.143. The lowest BCUT2D eigenvalue weighted by molar-refractivity contribution is -0.120. The number of carbonyl (C=O) groups excluding carboxylic acids is 4. The minimum atomic E-state index is -0.729. The Labute approximate surface area is 229 Å². The highest BCUT2D eigenvalue weighted by Crippen LogP contribution is 2.31. The molecule has 3 amide bonds. The molecule has 1 aliphatic rings. The summed E-state index contributed by atoms with van der Waals surface area (Å²) < 4.78 is 5.22. The average Bonchev–Trinajstić information content (AvgIpc) is 3.12. The molecular formula is C28H23Cl2N3O5. The first kappa shape index (κ1) is 26.9. The monoisotopic (exact) mass is 551 g/mol. The summed E-state index contributed by atoms with van der Waals surface area (Å²) in [6.45, 7) is 2.26. The van der Waals surface area contributed by atoms with E-state index < -0.39 is 17.8 Å². The first-order chi connectivity index (χ1) is 18.3. The summed E-state index contributed by atoms with van der Waals surface area (Å²) in [7, 11) is 0. The van der Waals surface area contributed by atoms with Crippen molar-refractivity contribution in [2.75, 3.05) is 22.1 Å². The van der Waals surface area contributed by atoms with E-state index in [1.54, 1.807) is 60.7 Å². The Bertz CT molecular complexity index is 1440. The number of hydrogen-bond donors (Lipinski definition) is 2.